The maximum absolute atomic E-state index is 12.9. The number of carbonyl (C=O) groups excluding carboxylic acids is 3. The van der Waals surface area contributed by atoms with Gasteiger partial charge >= 0.3 is 6.09 Å². The minimum Gasteiger partial charge on any atom is -0.449 e. The summed E-state index contributed by atoms with van der Waals surface area (Å²) in [5, 5.41) is 6.52. The lowest BCUT2D eigenvalue weighted by molar-refractivity contribution is 0.0952. The van der Waals surface area contributed by atoms with Crippen molar-refractivity contribution in [3.8, 4) is 0 Å². The summed E-state index contributed by atoms with van der Waals surface area (Å²) in [6.07, 6.45) is 4.89. The molecule has 0 fully saturated rings. The zero-order valence-electron chi connectivity index (χ0n) is 16.6. The SMILES string of the molecule is CCOC(=O)n1ccc2ccc(C(=O)Nc3cc(C(=O)NC4C=C4)ccc3C)cc21. The predicted octanol–water partition coefficient (Wildman–Crippen LogP) is 3.87. The number of rotatable bonds is 5. The van der Waals surface area contributed by atoms with Gasteiger partial charge in [-0.15, -0.1) is 0 Å². The molecule has 7 heteroatoms. The predicted molar refractivity (Wildman–Crippen MR) is 114 cm³/mol. The van der Waals surface area contributed by atoms with Crippen molar-refractivity contribution >= 4 is 34.5 Å². The topological polar surface area (TPSA) is 89.4 Å². The Bertz CT molecular complexity index is 1190. The molecule has 0 aliphatic heterocycles. The van der Waals surface area contributed by atoms with E-state index in [1.807, 2.05) is 19.1 Å². The second-order valence-electron chi connectivity index (χ2n) is 7.03. The van der Waals surface area contributed by atoms with E-state index in [1.165, 1.54) is 4.57 Å². The molecular formula is C23H21N3O4. The summed E-state index contributed by atoms with van der Waals surface area (Å²) in [5.74, 6) is -0.535. The number of fused-ring (bicyclic) bond motifs is 1. The maximum atomic E-state index is 12.9. The zero-order chi connectivity index (χ0) is 21.3. The molecular weight excluding hydrogens is 382 g/mol. The number of carbonyl (C=O) groups is 3. The second-order valence-corrected chi connectivity index (χ2v) is 7.03. The fourth-order valence-corrected chi connectivity index (χ4v) is 3.10. The highest BCUT2D eigenvalue weighted by Crippen LogP contribution is 2.22. The molecule has 0 saturated carbocycles. The minimum absolute atomic E-state index is 0.0132. The van der Waals surface area contributed by atoms with Gasteiger partial charge in [-0.3, -0.25) is 14.2 Å². The number of aromatic nitrogens is 1. The van der Waals surface area contributed by atoms with Crippen LogP contribution in [0.2, 0.25) is 0 Å². The molecule has 1 aliphatic carbocycles. The first-order valence-corrected chi connectivity index (χ1v) is 9.65. The van der Waals surface area contributed by atoms with Crippen LogP contribution in [0.15, 0.2) is 60.8 Å². The number of nitrogens with one attached hydrogen (secondary N) is 2. The van der Waals surface area contributed by atoms with Gasteiger partial charge in [-0.1, -0.05) is 24.3 Å². The smallest absolute Gasteiger partial charge is 0.418 e. The third-order valence-corrected chi connectivity index (χ3v) is 4.85. The number of amides is 2. The minimum atomic E-state index is -0.496. The molecule has 1 aliphatic rings. The molecule has 0 bridgehead atoms. The molecule has 1 aromatic heterocycles. The summed E-state index contributed by atoms with van der Waals surface area (Å²) in [7, 11) is 0. The summed E-state index contributed by atoms with van der Waals surface area (Å²) >= 11 is 0. The third-order valence-electron chi connectivity index (χ3n) is 4.85. The monoisotopic (exact) mass is 403 g/mol. The summed E-state index contributed by atoms with van der Waals surface area (Å²) in [5.41, 5.74) is 2.83. The van der Waals surface area contributed by atoms with Gasteiger partial charge in [-0.05, 0) is 49.7 Å². The molecule has 0 atom stereocenters. The van der Waals surface area contributed by atoms with Crippen molar-refractivity contribution in [1.29, 1.82) is 0 Å². The Kier molecular flexibility index (Phi) is 5.10. The van der Waals surface area contributed by atoms with Crippen LogP contribution in [0.5, 0.6) is 0 Å². The van der Waals surface area contributed by atoms with Crippen molar-refractivity contribution in [2.45, 2.75) is 19.9 Å². The number of ether oxygens (including phenoxy) is 1. The zero-order valence-corrected chi connectivity index (χ0v) is 16.6. The Balaban J connectivity index is 1.57. The molecule has 2 amide bonds. The standard InChI is InChI=1S/C23H21N3O4/c1-3-30-23(29)26-11-10-15-6-7-17(13-20(15)26)22(28)25-19-12-16(5-4-14(19)2)21(27)24-18-8-9-18/h4-13,18H,3H2,1-2H3,(H,24,27)(H,25,28). The van der Waals surface area contributed by atoms with E-state index in [0.29, 0.717) is 22.3 Å². The van der Waals surface area contributed by atoms with Crippen molar-refractivity contribution in [3.63, 3.8) is 0 Å². The van der Waals surface area contributed by atoms with Gasteiger partial charge in [0.1, 0.15) is 0 Å². The average molecular weight is 403 g/mol. The van der Waals surface area contributed by atoms with Gasteiger partial charge in [-0.2, -0.15) is 0 Å². The first kappa shape index (κ1) is 19.4. The van der Waals surface area contributed by atoms with E-state index in [9.17, 15) is 14.4 Å². The highest BCUT2D eigenvalue weighted by molar-refractivity contribution is 6.07. The van der Waals surface area contributed by atoms with E-state index in [1.54, 1.807) is 55.6 Å². The highest BCUT2D eigenvalue weighted by Gasteiger charge is 2.17. The molecule has 2 aromatic carbocycles. The van der Waals surface area contributed by atoms with Gasteiger partial charge in [0.15, 0.2) is 0 Å². The Morgan fingerprint density at radius 1 is 1.00 bits per heavy atom. The first-order chi connectivity index (χ1) is 14.5. The summed E-state index contributed by atoms with van der Waals surface area (Å²) in [6, 6.07) is 12.1. The van der Waals surface area contributed by atoms with Crippen molar-refractivity contribution in [1.82, 2.24) is 9.88 Å². The lowest BCUT2D eigenvalue weighted by Gasteiger charge is -2.11. The fraction of sp³-hybridized carbons (Fsp3) is 0.174. The van der Waals surface area contributed by atoms with Crippen LogP contribution in [0.25, 0.3) is 10.9 Å². The van der Waals surface area contributed by atoms with Gasteiger partial charge in [0, 0.05) is 28.4 Å². The molecule has 2 N–H and O–H groups in total. The Hall–Kier alpha value is -3.87. The number of anilines is 1. The summed E-state index contributed by atoms with van der Waals surface area (Å²) < 4.78 is 6.43. The third kappa shape index (κ3) is 3.96. The van der Waals surface area contributed by atoms with E-state index >= 15 is 0 Å². The van der Waals surface area contributed by atoms with Gasteiger partial charge in [0.25, 0.3) is 11.8 Å². The Morgan fingerprint density at radius 3 is 2.47 bits per heavy atom. The first-order valence-electron chi connectivity index (χ1n) is 9.65. The normalized spacial score (nSPS) is 12.6. The fourth-order valence-electron chi connectivity index (χ4n) is 3.10. The molecule has 1 heterocycles. The van der Waals surface area contributed by atoms with E-state index in [0.717, 1.165) is 10.9 Å². The van der Waals surface area contributed by atoms with Crippen molar-refractivity contribution < 1.29 is 19.1 Å². The number of hydrogen-bond acceptors (Lipinski definition) is 4. The van der Waals surface area contributed by atoms with Crippen LogP contribution < -0.4 is 10.6 Å². The van der Waals surface area contributed by atoms with E-state index in [4.69, 9.17) is 4.74 Å². The van der Waals surface area contributed by atoms with Crippen LogP contribution in [-0.2, 0) is 4.74 Å². The summed E-state index contributed by atoms with van der Waals surface area (Å²) in [6.45, 7) is 3.86. The van der Waals surface area contributed by atoms with E-state index in [-0.39, 0.29) is 24.5 Å². The van der Waals surface area contributed by atoms with Gasteiger partial charge < -0.3 is 15.4 Å². The quantitative estimate of drug-likeness (QED) is 0.633. The molecule has 4 rings (SSSR count). The molecule has 7 nitrogen and oxygen atoms in total. The second kappa shape index (κ2) is 7.87. The molecule has 0 radical (unpaired) electrons. The van der Waals surface area contributed by atoms with E-state index < -0.39 is 6.09 Å². The highest BCUT2D eigenvalue weighted by atomic mass is 16.5. The molecule has 152 valence electrons. The number of hydrogen-bond donors (Lipinski definition) is 2. The maximum Gasteiger partial charge on any atom is 0.418 e. The van der Waals surface area contributed by atoms with Crippen molar-refractivity contribution in [3.05, 3.63) is 77.5 Å². The molecule has 0 spiro atoms. The van der Waals surface area contributed by atoms with Crippen LogP contribution >= 0.6 is 0 Å². The number of nitrogens with zero attached hydrogens (tertiary/aromatic N) is 1. The van der Waals surface area contributed by atoms with Crippen LogP contribution in [0, 0.1) is 6.92 Å². The molecule has 0 unspecified atom stereocenters. The average Bonchev–Trinajstić information content (AvgIpc) is 3.44. The van der Waals surface area contributed by atoms with Crippen LogP contribution in [-0.4, -0.2) is 35.1 Å². The van der Waals surface area contributed by atoms with Gasteiger partial charge in [0.05, 0.1) is 18.2 Å². The summed E-state index contributed by atoms with van der Waals surface area (Å²) in [4.78, 5) is 37.3. The van der Waals surface area contributed by atoms with E-state index in [2.05, 4.69) is 10.6 Å². The molecule has 30 heavy (non-hydrogen) atoms. The van der Waals surface area contributed by atoms with Crippen LogP contribution in [0.4, 0.5) is 10.5 Å². The lowest BCUT2D eigenvalue weighted by Crippen LogP contribution is -2.26. The van der Waals surface area contributed by atoms with Crippen molar-refractivity contribution in [2.24, 2.45) is 0 Å². The number of aryl methyl sites for hydroxylation is 1. The Morgan fingerprint density at radius 2 is 1.73 bits per heavy atom. The molecule has 3 aromatic rings. The largest absolute Gasteiger partial charge is 0.449 e. The molecule has 0 saturated heterocycles. The van der Waals surface area contributed by atoms with Gasteiger partial charge in [0.2, 0.25) is 0 Å². The van der Waals surface area contributed by atoms with Crippen molar-refractivity contribution in [2.75, 3.05) is 11.9 Å². The lowest BCUT2D eigenvalue weighted by atomic mass is 10.1. The number of benzene rings is 2. The Labute approximate surface area is 173 Å². The van der Waals surface area contributed by atoms with Gasteiger partial charge in [-0.25, -0.2) is 4.79 Å². The van der Waals surface area contributed by atoms with Crippen LogP contribution in [0.3, 0.4) is 0 Å². The van der Waals surface area contributed by atoms with Crippen LogP contribution in [0.1, 0.15) is 33.2 Å².